The molecule has 13 heteroatoms. The van der Waals surface area contributed by atoms with E-state index in [1.165, 1.54) is 21.1 Å². The standard InChI is InChI=1S/C20H14N6O6S/c27-33(28)25(11-17-21-19(23-31-17)15-7-3-9-29-15)13-5-1-2-6-14(13)26(33)12-18-22-20(24-32-18)16-8-4-10-30-16/h1-10H,11-12H2. The van der Waals surface area contributed by atoms with Gasteiger partial charge in [-0.15, -0.1) is 0 Å². The van der Waals surface area contributed by atoms with Crippen LogP contribution in [0.15, 0.2) is 78.9 Å². The van der Waals surface area contributed by atoms with Gasteiger partial charge in [-0.3, -0.25) is 0 Å². The average molecular weight is 466 g/mol. The highest BCUT2D eigenvalue weighted by atomic mass is 32.2. The van der Waals surface area contributed by atoms with Crippen molar-refractivity contribution in [2.75, 3.05) is 8.61 Å². The highest BCUT2D eigenvalue weighted by Crippen LogP contribution is 2.42. The summed E-state index contributed by atoms with van der Waals surface area (Å²) in [7, 11) is -4.01. The molecule has 0 N–H and O–H groups in total. The summed E-state index contributed by atoms with van der Waals surface area (Å²) < 4.78 is 50.3. The molecule has 0 saturated heterocycles. The first-order valence-electron chi connectivity index (χ1n) is 9.72. The maximum Gasteiger partial charge on any atom is 0.327 e. The van der Waals surface area contributed by atoms with Crippen molar-refractivity contribution in [1.82, 2.24) is 20.3 Å². The number of nitrogens with zero attached hydrogens (tertiary/aromatic N) is 6. The Kier molecular flexibility index (Phi) is 4.29. The number of rotatable bonds is 6. The van der Waals surface area contributed by atoms with Gasteiger partial charge in [0.25, 0.3) is 0 Å². The quantitative estimate of drug-likeness (QED) is 0.365. The highest BCUT2D eigenvalue weighted by Gasteiger charge is 2.42. The molecule has 5 aromatic rings. The van der Waals surface area contributed by atoms with Gasteiger partial charge in [0.15, 0.2) is 11.5 Å². The largest absolute Gasteiger partial charge is 0.461 e. The van der Waals surface area contributed by atoms with Gasteiger partial charge in [-0.25, -0.2) is 8.61 Å². The Balaban J connectivity index is 1.30. The minimum absolute atomic E-state index is 0.111. The van der Waals surface area contributed by atoms with Crippen LogP contribution in [-0.4, -0.2) is 28.7 Å². The zero-order chi connectivity index (χ0) is 22.4. The number of hydrogen-bond acceptors (Lipinski definition) is 10. The van der Waals surface area contributed by atoms with E-state index in [-0.39, 0.29) is 36.5 Å². The van der Waals surface area contributed by atoms with E-state index in [0.29, 0.717) is 22.9 Å². The number of anilines is 2. The van der Waals surface area contributed by atoms with Gasteiger partial charge < -0.3 is 17.9 Å². The van der Waals surface area contributed by atoms with E-state index < -0.39 is 10.2 Å². The van der Waals surface area contributed by atoms with E-state index in [0.717, 1.165) is 0 Å². The van der Waals surface area contributed by atoms with Crippen LogP contribution in [0.4, 0.5) is 11.4 Å². The van der Waals surface area contributed by atoms with E-state index in [1.807, 2.05) is 0 Å². The molecule has 0 aliphatic carbocycles. The first-order chi connectivity index (χ1) is 16.1. The lowest BCUT2D eigenvalue weighted by Gasteiger charge is -2.19. The van der Waals surface area contributed by atoms with Crippen LogP contribution in [0.3, 0.4) is 0 Å². The Bertz CT molecular complexity index is 1400. The molecular weight excluding hydrogens is 452 g/mol. The molecule has 0 fully saturated rings. The molecule has 0 bridgehead atoms. The van der Waals surface area contributed by atoms with Crippen LogP contribution in [0.25, 0.3) is 23.2 Å². The van der Waals surface area contributed by atoms with E-state index in [4.69, 9.17) is 17.9 Å². The number of para-hydroxylation sites is 2. The lowest BCUT2D eigenvalue weighted by atomic mass is 10.2. The number of aromatic nitrogens is 4. The third-order valence-electron chi connectivity index (χ3n) is 4.95. The SMILES string of the molecule is O=S1(=O)N(Cc2nc(-c3ccco3)no2)c2ccccc2N1Cc1nc(-c2ccco2)no1. The zero-order valence-corrected chi connectivity index (χ0v) is 17.5. The maximum absolute atomic E-state index is 13.5. The zero-order valence-electron chi connectivity index (χ0n) is 16.7. The first-order valence-corrected chi connectivity index (χ1v) is 11.1. The third-order valence-corrected chi connectivity index (χ3v) is 6.72. The molecule has 6 rings (SSSR count). The van der Waals surface area contributed by atoms with Gasteiger partial charge >= 0.3 is 10.2 Å². The lowest BCUT2D eigenvalue weighted by Crippen LogP contribution is -2.37. The topological polar surface area (TPSA) is 145 Å². The summed E-state index contributed by atoms with van der Waals surface area (Å²) in [5, 5.41) is 7.72. The van der Waals surface area contributed by atoms with E-state index in [2.05, 4.69) is 20.3 Å². The van der Waals surface area contributed by atoms with Crippen molar-refractivity contribution >= 4 is 21.6 Å². The second-order valence-corrected chi connectivity index (χ2v) is 8.77. The van der Waals surface area contributed by atoms with Crippen molar-refractivity contribution in [2.24, 2.45) is 0 Å². The summed E-state index contributed by atoms with van der Waals surface area (Å²) in [6.07, 6.45) is 2.97. The number of furan rings is 2. The number of fused-ring (bicyclic) bond motifs is 1. The molecule has 0 atom stereocenters. The second kappa shape index (κ2) is 7.34. The molecule has 5 heterocycles. The third kappa shape index (κ3) is 3.25. The Hall–Kier alpha value is -4.39. The number of benzene rings is 1. The molecule has 33 heavy (non-hydrogen) atoms. The van der Waals surface area contributed by atoms with Crippen molar-refractivity contribution in [2.45, 2.75) is 13.1 Å². The molecule has 166 valence electrons. The van der Waals surface area contributed by atoms with Crippen LogP contribution in [0.1, 0.15) is 11.8 Å². The summed E-state index contributed by atoms with van der Waals surface area (Å²) in [5.41, 5.74) is 0.919. The summed E-state index contributed by atoms with van der Waals surface area (Å²) in [6.45, 7) is -0.323. The predicted molar refractivity (Wildman–Crippen MR) is 112 cm³/mol. The number of hydrogen-bond donors (Lipinski definition) is 0. The van der Waals surface area contributed by atoms with E-state index in [9.17, 15) is 8.42 Å². The van der Waals surface area contributed by atoms with Gasteiger partial charge in [-0.2, -0.15) is 18.4 Å². The maximum atomic E-state index is 13.5. The molecule has 1 aliphatic heterocycles. The monoisotopic (exact) mass is 466 g/mol. The van der Waals surface area contributed by atoms with Crippen molar-refractivity contribution in [3.63, 3.8) is 0 Å². The lowest BCUT2D eigenvalue weighted by molar-refractivity contribution is 0.378. The van der Waals surface area contributed by atoms with Gasteiger partial charge in [0.1, 0.15) is 13.1 Å². The molecule has 0 radical (unpaired) electrons. The van der Waals surface area contributed by atoms with Crippen LogP contribution in [-0.2, 0) is 23.3 Å². The van der Waals surface area contributed by atoms with Gasteiger partial charge in [0.05, 0.1) is 23.9 Å². The molecule has 4 aromatic heterocycles. The fourth-order valence-corrected chi connectivity index (χ4v) is 5.07. The van der Waals surface area contributed by atoms with E-state index >= 15 is 0 Å². The van der Waals surface area contributed by atoms with Crippen LogP contribution in [0.2, 0.25) is 0 Å². The van der Waals surface area contributed by atoms with Crippen LogP contribution >= 0.6 is 0 Å². The molecule has 1 aliphatic rings. The van der Waals surface area contributed by atoms with Crippen LogP contribution in [0, 0.1) is 0 Å². The Morgan fingerprint density at radius 1 is 0.697 bits per heavy atom. The van der Waals surface area contributed by atoms with Crippen LogP contribution in [0.5, 0.6) is 0 Å². The summed E-state index contributed by atoms with van der Waals surface area (Å²) >= 11 is 0. The Morgan fingerprint density at radius 3 is 1.61 bits per heavy atom. The average Bonchev–Trinajstić information content (AvgIpc) is 3.63. The van der Waals surface area contributed by atoms with Crippen molar-refractivity contribution < 1.29 is 26.3 Å². The first kappa shape index (κ1) is 19.3. The summed E-state index contributed by atoms with van der Waals surface area (Å²) in [5.74, 6) is 1.51. The highest BCUT2D eigenvalue weighted by molar-refractivity contribution is 7.94. The normalized spacial score (nSPS) is 14.7. The molecule has 0 unspecified atom stereocenters. The summed E-state index contributed by atoms with van der Waals surface area (Å²) in [6, 6.07) is 13.6. The van der Waals surface area contributed by atoms with Gasteiger partial charge in [-0.05, 0) is 36.4 Å². The van der Waals surface area contributed by atoms with Gasteiger partial charge in [0, 0.05) is 0 Å². The van der Waals surface area contributed by atoms with Gasteiger partial charge in [0.2, 0.25) is 23.4 Å². The Labute approximate surface area is 186 Å². The second-order valence-electron chi connectivity index (χ2n) is 6.99. The molecule has 0 saturated carbocycles. The smallest absolute Gasteiger partial charge is 0.327 e. The van der Waals surface area contributed by atoms with E-state index in [1.54, 1.807) is 48.5 Å². The molecule has 12 nitrogen and oxygen atoms in total. The Morgan fingerprint density at radius 2 is 1.18 bits per heavy atom. The minimum Gasteiger partial charge on any atom is -0.461 e. The molecular formula is C20H14N6O6S. The molecule has 0 amide bonds. The molecule has 1 aromatic carbocycles. The minimum atomic E-state index is -4.01. The summed E-state index contributed by atoms with van der Waals surface area (Å²) in [4.78, 5) is 8.50. The fourth-order valence-electron chi connectivity index (χ4n) is 3.48. The van der Waals surface area contributed by atoms with Crippen molar-refractivity contribution in [3.05, 3.63) is 72.8 Å². The predicted octanol–water partition coefficient (Wildman–Crippen LogP) is 3.24. The van der Waals surface area contributed by atoms with Gasteiger partial charge in [-0.1, -0.05) is 22.4 Å². The fraction of sp³-hybridized carbons (Fsp3) is 0.100. The van der Waals surface area contributed by atoms with Crippen LogP contribution < -0.4 is 8.61 Å². The van der Waals surface area contributed by atoms with Crippen molar-refractivity contribution in [3.8, 4) is 23.2 Å². The molecule has 0 spiro atoms. The van der Waals surface area contributed by atoms with Crippen molar-refractivity contribution in [1.29, 1.82) is 0 Å².